The Kier molecular flexibility index (Phi) is 5.40. The molecule has 4 aromatic rings. The molecule has 2 heterocycles. The van der Waals surface area contributed by atoms with Gasteiger partial charge in [0.2, 0.25) is 0 Å². The molecule has 6 heteroatoms. The Morgan fingerprint density at radius 1 is 0.935 bits per heavy atom. The lowest BCUT2D eigenvalue weighted by atomic mass is 10.2. The number of nitrogens with one attached hydrogen (secondary N) is 1. The van der Waals surface area contributed by atoms with E-state index in [-0.39, 0.29) is 5.91 Å². The van der Waals surface area contributed by atoms with Crippen molar-refractivity contribution in [1.29, 1.82) is 0 Å². The van der Waals surface area contributed by atoms with Crippen molar-refractivity contribution in [3.63, 3.8) is 0 Å². The Labute approximate surface area is 186 Å². The lowest BCUT2D eigenvalue weighted by Gasteiger charge is -2.34. The van der Waals surface area contributed by atoms with Crippen LogP contribution in [0.25, 0.3) is 20.8 Å². The molecule has 0 radical (unpaired) electrons. The monoisotopic (exact) mass is 428 g/mol. The number of thiazole rings is 1. The molecule has 0 unspecified atom stereocenters. The van der Waals surface area contributed by atoms with Crippen molar-refractivity contribution in [3.8, 4) is 10.6 Å². The fraction of sp³-hybridized carbons (Fsp3) is 0.200. The minimum atomic E-state index is -0.112. The van der Waals surface area contributed by atoms with Crippen LogP contribution in [0.5, 0.6) is 0 Å². The van der Waals surface area contributed by atoms with E-state index in [0.717, 1.165) is 52.7 Å². The van der Waals surface area contributed by atoms with Gasteiger partial charge in [0.25, 0.3) is 5.91 Å². The van der Waals surface area contributed by atoms with E-state index in [1.807, 2.05) is 48.5 Å². The number of para-hydroxylation sites is 1. The molecule has 0 bridgehead atoms. The minimum absolute atomic E-state index is 0.112. The molecular formula is C25H24N4OS. The van der Waals surface area contributed by atoms with E-state index < -0.39 is 0 Å². The predicted molar refractivity (Wildman–Crippen MR) is 129 cm³/mol. The molecule has 0 saturated carbocycles. The molecule has 1 amide bonds. The molecule has 5 rings (SSSR count). The fourth-order valence-corrected chi connectivity index (χ4v) is 4.80. The number of carbonyl (C=O) groups excluding carboxylic acids is 1. The highest BCUT2D eigenvalue weighted by atomic mass is 32.1. The van der Waals surface area contributed by atoms with Gasteiger partial charge in [0.1, 0.15) is 5.01 Å². The van der Waals surface area contributed by atoms with Gasteiger partial charge in [-0.3, -0.25) is 4.79 Å². The third-order valence-corrected chi connectivity index (χ3v) is 6.73. The van der Waals surface area contributed by atoms with E-state index in [1.54, 1.807) is 11.3 Å². The molecule has 1 fully saturated rings. The molecule has 1 aliphatic heterocycles. The summed E-state index contributed by atoms with van der Waals surface area (Å²) in [6.45, 7) is 4.31. The van der Waals surface area contributed by atoms with Crippen molar-refractivity contribution < 1.29 is 4.79 Å². The maximum Gasteiger partial charge on any atom is 0.255 e. The molecule has 0 aliphatic carbocycles. The van der Waals surface area contributed by atoms with Crippen molar-refractivity contribution in [3.05, 3.63) is 78.4 Å². The zero-order chi connectivity index (χ0) is 21.2. The topological polar surface area (TPSA) is 48.5 Å². The van der Waals surface area contributed by atoms with Crippen molar-refractivity contribution >= 4 is 38.8 Å². The summed E-state index contributed by atoms with van der Waals surface area (Å²) in [6.07, 6.45) is 0. The number of hydrogen-bond acceptors (Lipinski definition) is 5. The van der Waals surface area contributed by atoms with Gasteiger partial charge in [-0.1, -0.05) is 18.2 Å². The number of fused-ring (bicyclic) bond motifs is 1. The number of amides is 1. The van der Waals surface area contributed by atoms with Crippen LogP contribution in [0.3, 0.4) is 0 Å². The van der Waals surface area contributed by atoms with Crippen LogP contribution >= 0.6 is 11.3 Å². The first-order valence-corrected chi connectivity index (χ1v) is 11.3. The second kappa shape index (κ2) is 8.49. The number of hydrogen-bond donors (Lipinski definition) is 1. The lowest BCUT2D eigenvalue weighted by Crippen LogP contribution is -2.44. The molecule has 0 atom stereocenters. The molecule has 5 nitrogen and oxygen atoms in total. The van der Waals surface area contributed by atoms with Crippen LogP contribution in [0.15, 0.2) is 72.8 Å². The Bertz CT molecular complexity index is 1200. The van der Waals surface area contributed by atoms with Crippen LogP contribution in [-0.4, -0.2) is 49.0 Å². The van der Waals surface area contributed by atoms with Crippen LogP contribution in [0.2, 0.25) is 0 Å². The predicted octanol–water partition coefficient (Wildman–Crippen LogP) is 4.97. The smallest absolute Gasteiger partial charge is 0.255 e. The lowest BCUT2D eigenvalue weighted by molar-refractivity contribution is 0.102. The van der Waals surface area contributed by atoms with Gasteiger partial charge in [-0.15, -0.1) is 11.3 Å². The molecule has 3 aromatic carbocycles. The van der Waals surface area contributed by atoms with Crippen LogP contribution in [0.1, 0.15) is 10.4 Å². The Morgan fingerprint density at radius 2 is 1.68 bits per heavy atom. The van der Waals surface area contributed by atoms with Gasteiger partial charge in [-0.05, 0) is 61.6 Å². The summed E-state index contributed by atoms with van der Waals surface area (Å²) in [5.41, 5.74) is 4.71. The number of piperazine rings is 1. The summed E-state index contributed by atoms with van der Waals surface area (Å²) in [5.74, 6) is -0.112. The van der Waals surface area contributed by atoms with Gasteiger partial charge >= 0.3 is 0 Å². The maximum atomic E-state index is 12.6. The van der Waals surface area contributed by atoms with E-state index in [1.165, 1.54) is 5.69 Å². The van der Waals surface area contributed by atoms with Gasteiger partial charge in [0, 0.05) is 48.7 Å². The van der Waals surface area contributed by atoms with Crippen LogP contribution in [-0.2, 0) is 0 Å². The first-order chi connectivity index (χ1) is 15.2. The summed E-state index contributed by atoms with van der Waals surface area (Å²) in [7, 11) is 2.17. The summed E-state index contributed by atoms with van der Waals surface area (Å²) in [5, 5.41) is 3.91. The van der Waals surface area contributed by atoms with Crippen LogP contribution < -0.4 is 10.2 Å². The van der Waals surface area contributed by atoms with Gasteiger partial charge < -0.3 is 15.1 Å². The Hall–Kier alpha value is -3.22. The highest BCUT2D eigenvalue weighted by molar-refractivity contribution is 7.21. The van der Waals surface area contributed by atoms with E-state index in [2.05, 4.69) is 46.4 Å². The summed E-state index contributed by atoms with van der Waals surface area (Å²) >= 11 is 1.62. The number of likely N-dealkylation sites (N-methyl/N-ethyl adjacent to an activating group) is 1. The number of benzene rings is 3. The number of anilines is 2. The summed E-state index contributed by atoms with van der Waals surface area (Å²) in [6, 6.07) is 23.9. The maximum absolute atomic E-state index is 12.6. The highest BCUT2D eigenvalue weighted by Gasteiger charge is 2.15. The number of carbonyl (C=O) groups is 1. The highest BCUT2D eigenvalue weighted by Crippen LogP contribution is 2.32. The van der Waals surface area contributed by atoms with E-state index in [9.17, 15) is 4.79 Å². The zero-order valence-electron chi connectivity index (χ0n) is 17.4. The molecule has 1 aliphatic rings. The quantitative estimate of drug-likeness (QED) is 0.499. The van der Waals surface area contributed by atoms with Crippen molar-refractivity contribution in [2.24, 2.45) is 0 Å². The first kappa shape index (κ1) is 19.7. The second-order valence-electron chi connectivity index (χ2n) is 7.86. The third-order valence-electron chi connectivity index (χ3n) is 5.66. The number of aromatic nitrogens is 1. The van der Waals surface area contributed by atoms with Crippen molar-refractivity contribution in [2.45, 2.75) is 0 Å². The molecule has 31 heavy (non-hydrogen) atoms. The SMILES string of the molecule is CN1CCN(c2ccc(-c3nc4ccc(C(=O)Nc5ccccc5)cc4s3)cc2)CC1. The molecule has 156 valence electrons. The number of rotatable bonds is 4. The van der Waals surface area contributed by atoms with Crippen molar-refractivity contribution in [2.75, 3.05) is 43.4 Å². The average Bonchev–Trinajstić information content (AvgIpc) is 3.24. The third kappa shape index (κ3) is 4.31. The molecule has 1 N–H and O–H groups in total. The number of nitrogens with zero attached hydrogens (tertiary/aromatic N) is 3. The average molecular weight is 429 g/mol. The van der Waals surface area contributed by atoms with E-state index >= 15 is 0 Å². The van der Waals surface area contributed by atoms with E-state index in [0.29, 0.717) is 5.56 Å². The van der Waals surface area contributed by atoms with E-state index in [4.69, 9.17) is 4.98 Å². The minimum Gasteiger partial charge on any atom is -0.369 e. The zero-order valence-corrected chi connectivity index (χ0v) is 18.2. The van der Waals surface area contributed by atoms with Crippen molar-refractivity contribution in [1.82, 2.24) is 9.88 Å². The van der Waals surface area contributed by atoms with Gasteiger partial charge in [-0.25, -0.2) is 4.98 Å². The van der Waals surface area contributed by atoms with Crippen LogP contribution in [0.4, 0.5) is 11.4 Å². The largest absolute Gasteiger partial charge is 0.369 e. The van der Waals surface area contributed by atoms with Gasteiger partial charge in [-0.2, -0.15) is 0 Å². The molecule has 1 saturated heterocycles. The Morgan fingerprint density at radius 3 is 2.42 bits per heavy atom. The summed E-state index contributed by atoms with van der Waals surface area (Å²) < 4.78 is 1.01. The standard InChI is InChI=1S/C25H24N4OS/c1-28-13-15-29(16-14-28)21-10-7-18(8-11-21)25-27-22-12-9-19(17-23(22)31-25)24(30)26-20-5-3-2-4-6-20/h2-12,17H,13-16H2,1H3,(H,26,30). The first-order valence-electron chi connectivity index (χ1n) is 10.5. The molecular weight excluding hydrogens is 404 g/mol. The molecule has 1 aromatic heterocycles. The van der Waals surface area contributed by atoms with Gasteiger partial charge in [0.05, 0.1) is 10.2 Å². The summed E-state index contributed by atoms with van der Waals surface area (Å²) in [4.78, 5) is 22.2. The molecule has 0 spiro atoms. The second-order valence-corrected chi connectivity index (χ2v) is 8.89. The van der Waals surface area contributed by atoms with Gasteiger partial charge in [0.15, 0.2) is 0 Å². The Balaban J connectivity index is 1.34. The van der Waals surface area contributed by atoms with Crippen LogP contribution in [0, 0.1) is 0 Å². The fourth-order valence-electron chi connectivity index (χ4n) is 3.79. The normalized spacial score (nSPS) is 14.7.